The van der Waals surface area contributed by atoms with Crippen LogP contribution in [0.4, 0.5) is 0 Å². The third-order valence-corrected chi connectivity index (χ3v) is 17.9. The van der Waals surface area contributed by atoms with Crippen molar-refractivity contribution >= 4 is 5.91 Å². The van der Waals surface area contributed by atoms with Crippen molar-refractivity contribution in [3.63, 3.8) is 0 Å². The Bertz CT molecular complexity index is 2720. The first-order valence-corrected chi connectivity index (χ1v) is 30.4. The molecule has 21 aliphatic rings. The van der Waals surface area contributed by atoms with E-state index in [1.165, 1.54) is 0 Å². The summed E-state index contributed by atoms with van der Waals surface area (Å²) in [4.78, 5) is 14.1. The second kappa shape index (κ2) is 30.6. The summed E-state index contributed by atoms with van der Waals surface area (Å²) in [7, 11) is 0. The molecule has 0 spiro atoms. The summed E-state index contributed by atoms with van der Waals surface area (Å²) >= 11 is 0. The molecule has 1 amide bonds. The lowest BCUT2D eigenvalue weighted by Crippen LogP contribution is -2.68. The van der Waals surface area contributed by atoms with Gasteiger partial charge in [-0.3, -0.25) is 4.79 Å². The zero-order chi connectivity index (χ0) is 68.1. The molecule has 23 rings (SSSR count). The van der Waals surface area contributed by atoms with Gasteiger partial charge < -0.3 is 178 Å². The molecule has 2 aromatic rings. The van der Waals surface area contributed by atoms with Crippen LogP contribution in [0.1, 0.15) is 36.7 Å². The van der Waals surface area contributed by atoms with Crippen molar-refractivity contribution < 1.29 is 178 Å². The number of aliphatic hydroxyl groups excluding tert-OH is 20. The molecule has 21 aliphatic heterocycles. The van der Waals surface area contributed by atoms with Gasteiger partial charge in [0, 0.05) is 12.1 Å². The van der Waals surface area contributed by atoms with Crippen LogP contribution in [0.25, 0.3) is 11.3 Å². The Morgan fingerprint density at radius 1 is 0.362 bits per heavy atom. The molecule has 35 atom stereocenters. The Labute approximate surface area is 533 Å². The number of aromatic nitrogens is 1. The largest absolute Gasteiger partial charge is 0.394 e. The Morgan fingerprint density at radius 3 is 0.830 bits per heavy atom. The first kappa shape index (κ1) is 73.3. The number of nitrogens with zero attached hydrogens (tertiary/aromatic N) is 1. The van der Waals surface area contributed by atoms with Gasteiger partial charge in [0.1, 0.15) is 188 Å². The topological polar surface area (TPSA) is 589 Å². The zero-order valence-electron chi connectivity index (χ0n) is 50.5. The van der Waals surface area contributed by atoms with E-state index < -0.39 is 267 Å². The smallest absolute Gasteiger partial charge is 0.256 e. The highest BCUT2D eigenvalue weighted by atomic mass is 16.8. The van der Waals surface area contributed by atoms with Crippen LogP contribution in [-0.4, -0.2) is 374 Å². The first-order valence-electron chi connectivity index (χ1n) is 30.4. The standard InChI is InChI=1S/C56H84N2O36/c1-56(2,3)17-6-4-16(5-7-17)26-18(15-80-58-26)48(79)57-8-19-41-27(65)34(72)49(81-19)89-42-20(9-59)83-51(36(74)29(42)67)91-44-22(11-61)85-53(38(76)31(44)69)93-46-24(13-63)87-55(40(78)33(46)71)94-47-25(14-64)86-54(39(77)32(47)70)92-45-23(12-62)84-52(37(75)30(45)68)90-43-21(10-60)82-50(88-41)35(73)28(43)66/h4-7,15,19-25,27-47,49-55,59-78H,8-14H2,1-3H3,(H,57,79). The number of benzene rings is 1. The fraction of sp³-hybridized carbons (Fsp3) is 0.821. The van der Waals surface area contributed by atoms with Gasteiger partial charge in [0.15, 0.2) is 44.0 Å². The molecule has 0 aliphatic carbocycles. The summed E-state index contributed by atoms with van der Waals surface area (Å²) in [5.74, 6) is -0.869. The molecule has 21 N–H and O–H groups in total. The normalized spacial score (nSPS) is 47.6. The van der Waals surface area contributed by atoms with Gasteiger partial charge in [0.05, 0.1) is 39.6 Å². The Kier molecular flexibility index (Phi) is 23.8. The lowest BCUT2D eigenvalue weighted by atomic mass is 9.86. The molecular weight excluding hydrogens is 1280 g/mol. The minimum Gasteiger partial charge on any atom is -0.394 e. The quantitative estimate of drug-likeness (QED) is 0.105. The maximum Gasteiger partial charge on any atom is 0.256 e. The third-order valence-electron chi connectivity index (χ3n) is 17.9. The molecule has 0 radical (unpaired) electrons. The van der Waals surface area contributed by atoms with E-state index in [4.69, 9.17) is 70.8 Å². The molecule has 1 aromatic heterocycles. The van der Waals surface area contributed by atoms with Crippen molar-refractivity contribution in [2.45, 2.75) is 241 Å². The van der Waals surface area contributed by atoms with Crippen LogP contribution >= 0.6 is 0 Å². The highest BCUT2D eigenvalue weighted by Crippen LogP contribution is 2.40. The van der Waals surface area contributed by atoms with E-state index in [0.29, 0.717) is 5.56 Å². The van der Waals surface area contributed by atoms with Crippen molar-refractivity contribution in [3.05, 3.63) is 41.7 Å². The van der Waals surface area contributed by atoms with Crippen LogP contribution in [0.2, 0.25) is 0 Å². The fourth-order valence-corrected chi connectivity index (χ4v) is 12.5. The molecule has 94 heavy (non-hydrogen) atoms. The molecule has 35 unspecified atom stereocenters. The number of nitrogens with one attached hydrogen (secondary N) is 1. The molecule has 534 valence electrons. The SMILES string of the molecule is CC(C)(C)c1ccc(-c2nocc2C(=O)NCC2OC3OC4C(CO)OC(OC5C(CO)OC(OC6C(CO)OC(OC7C(CO)OC(OC8C(CO)OC(OC9C(CO)OC(OC2C(O)C3O)C(O)C9O)C(O)C8O)C(O)C7O)C(O)C6O)C(O)C5O)C(O)C4O)cc1. The average Bonchev–Trinajstić information content (AvgIpc) is 0.855. The van der Waals surface area contributed by atoms with Gasteiger partial charge in [-0.2, -0.15) is 0 Å². The number of aliphatic hydroxyl groups is 20. The monoisotopic (exact) mass is 1360 g/mol. The summed E-state index contributed by atoms with van der Waals surface area (Å²) in [5, 5.41) is 232. The molecule has 0 saturated carbocycles. The van der Waals surface area contributed by atoms with E-state index in [1.54, 1.807) is 12.1 Å². The Balaban J connectivity index is 0.950. The van der Waals surface area contributed by atoms with Gasteiger partial charge in [-0.1, -0.05) is 50.2 Å². The van der Waals surface area contributed by atoms with E-state index in [9.17, 15) is 107 Å². The molecule has 14 bridgehead atoms. The lowest BCUT2D eigenvalue weighted by molar-refractivity contribution is -0.396. The predicted molar refractivity (Wildman–Crippen MR) is 294 cm³/mol. The Morgan fingerprint density at radius 2 is 0.596 bits per heavy atom. The maximum atomic E-state index is 14.1. The summed E-state index contributed by atoms with van der Waals surface area (Å²) in [6, 6.07) is 7.08. The molecule has 38 heteroatoms. The van der Waals surface area contributed by atoms with E-state index >= 15 is 0 Å². The molecule has 21 fully saturated rings. The van der Waals surface area contributed by atoms with Gasteiger partial charge in [-0.05, 0) is 11.0 Å². The van der Waals surface area contributed by atoms with Crippen LogP contribution in [0.15, 0.2) is 35.1 Å². The minimum atomic E-state index is -2.30. The van der Waals surface area contributed by atoms with Crippen LogP contribution in [-0.2, 0) is 71.7 Å². The number of ether oxygens (including phenoxy) is 14. The predicted octanol–water partition coefficient (Wildman–Crippen LogP) is -11.8. The van der Waals surface area contributed by atoms with Crippen molar-refractivity contribution in [1.29, 1.82) is 0 Å². The van der Waals surface area contributed by atoms with Crippen molar-refractivity contribution in [1.82, 2.24) is 10.5 Å². The maximum absolute atomic E-state index is 14.1. The van der Waals surface area contributed by atoms with Crippen LogP contribution in [0.5, 0.6) is 0 Å². The number of carbonyl (C=O) groups is 1. The first-order chi connectivity index (χ1) is 44.7. The van der Waals surface area contributed by atoms with E-state index in [2.05, 4.69) is 10.5 Å². The summed E-state index contributed by atoms with van der Waals surface area (Å²) in [6.45, 7) is -1.19. The van der Waals surface area contributed by atoms with Gasteiger partial charge >= 0.3 is 0 Å². The lowest BCUT2D eigenvalue weighted by Gasteiger charge is -2.50. The molecule has 38 nitrogen and oxygen atoms in total. The summed E-state index contributed by atoms with van der Waals surface area (Å²) in [6.07, 6.45) is -70.9. The van der Waals surface area contributed by atoms with Gasteiger partial charge in [0.25, 0.3) is 5.91 Å². The number of carbonyl (C=O) groups excluding carboxylic acids is 1. The number of hydrogen-bond acceptors (Lipinski definition) is 37. The van der Waals surface area contributed by atoms with Crippen LogP contribution in [0, 0.1) is 0 Å². The van der Waals surface area contributed by atoms with Crippen molar-refractivity contribution in [2.75, 3.05) is 46.2 Å². The fourth-order valence-electron chi connectivity index (χ4n) is 12.5. The average molecular weight is 1360 g/mol. The van der Waals surface area contributed by atoms with E-state index in [-0.39, 0.29) is 16.7 Å². The van der Waals surface area contributed by atoms with Gasteiger partial charge in [0.2, 0.25) is 0 Å². The number of hydrogen-bond donors (Lipinski definition) is 21. The van der Waals surface area contributed by atoms with Crippen molar-refractivity contribution in [3.8, 4) is 11.3 Å². The zero-order valence-corrected chi connectivity index (χ0v) is 50.5. The minimum absolute atomic E-state index is 0.0871. The second-order valence-electron chi connectivity index (χ2n) is 25.1. The van der Waals surface area contributed by atoms with Gasteiger partial charge in [-0.25, -0.2) is 0 Å². The summed E-state index contributed by atoms with van der Waals surface area (Å²) < 4.78 is 86.7. The Hall–Kier alpha value is -3.46. The highest BCUT2D eigenvalue weighted by Gasteiger charge is 2.60. The molecule has 1 aromatic carbocycles. The molecule has 22 heterocycles. The molecule has 21 saturated heterocycles. The number of amides is 1. The second-order valence-corrected chi connectivity index (χ2v) is 25.1. The van der Waals surface area contributed by atoms with E-state index in [0.717, 1.165) is 11.8 Å². The van der Waals surface area contributed by atoms with Crippen molar-refractivity contribution in [2.24, 2.45) is 0 Å². The van der Waals surface area contributed by atoms with Gasteiger partial charge in [-0.15, -0.1) is 0 Å². The highest BCUT2D eigenvalue weighted by molar-refractivity contribution is 5.99. The number of rotatable bonds is 10. The van der Waals surface area contributed by atoms with Crippen LogP contribution in [0.3, 0.4) is 0 Å². The third kappa shape index (κ3) is 14.6. The van der Waals surface area contributed by atoms with E-state index in [1.807, 2.05) is 32.9 Å². The summed E-state index contributed by atoms with van der Waals surface area (Å²) in [5.41, 5.74) is 1.15. The van der Waals surface area contributed by atoms with Crippen LogP contribution < -0.4 is 5.32 Å². The molecular formula is C56H84N2O36.